The molecule has 0 aliphatic carbocycles. The number of anilines is 1. The van der Waals surface area contributed by atoms with Crippen LogP contribution in [0.2, 0.25) is 0 Å². The van der Waals surface area contributed by atoms with Crippen LogP contribution in [0.5, 0.6) is 0 Å². The maximum absolute atomic E-state index is 9.36. The van der Waals surface area contributed by atoms with E-state index in [9.17, 15) is 5.26 Å². The maximum Gasteiger partial charge on any atom is 0.188 e. The van der Waals surface area contributed by atoms with Gasteiger partial charge in [-0.3, -0.25) is 0 Å². The van der Waals surface area contributed by atoms with Crippen LogP contribution in [0.3, 0.4) is 0 Å². The van der Waals surface area contributed by atoms with Crippen molar-refractivity contribution in [2.45, 2.75) is 9.89 Å². The Balaban J connectivity index is 1.69. The molecule has 0 saturated carbocycles. The van der Waals surface area contributed by atoms with E-state index in [1.165, 1.54) is 23.1 Å². The van der Waals surface area contributed by atoms with Crippen molar-refractivity contribution in [2.75, 3.05) is 5.32 Å². The smallest absolute Gasteiger partial charge is 0.188 e. The lowest BCUT2D eigenvalue weighted by atomic mass is 10.2. The van der Waals surface area contributed by atoms with Crippen LogP contribution in [0.15, 0.2) is 71.9 Å². The van der Waals surface area contributed by atoms with Crippen LogP contribution in [0.1, 0.15) is 5.56 Å². The molecular formula is C18H13N5S2. The first-order valence-electron chi connectivity index (χ1n) is 7.58. The lowest BCUT2D eigenvalue weighted by molar-refractivity contribution is 0.713. The average molecular weight is 363 g/mol. The molecule has 0 amide bonds. The van der Waals surface area contributed by atoms with Gasteiger partial charge in [-0.05, 0) is 42.6 Å². The van der Waals surface area contributed by atoms with Crippen molar-refractivity contribution in [1.82, 2.24) is 15.3 Å². The third kappa shape index (κ3) is 3.22. The first-order chi connectivity index (χ1) is 12.3. The number of aromatic nitrogens is 2. The van der Waals surface area contributed by atoms with E-state index in [1.807, 2.05) is 60.8 Å². The fourth-order valence-electron chi connectivity index (χ4n) is 2.44. The van der Waals surface area contributed by atoms with E-state index >= 15 is 0 Å². The molecule has 2 N–H and O–H groups in total. The summed E-state index contributed by atoms with van der Waals surface area (Å²) in [4.78, 5) is 10.1. The van der Waals surface area contributed by atoms with Crippen molar-refractivity contribution in [3.63, 3.8) is 0 Å². The molecule has 3 aromatic rings. The number of fused-ring (bicyclic) bond motifs is 1. The Kier molecular flexibility index (Phi) is 4.14. The van der Waals surface area contributed by atoms with E-state index in [4.69, 9.17) is 0 Å². The predicted octanol–water partition coefficient (Wildman–Crippen LogP) is 4.09. The zero-order chi connectivity index (χ0) is 17.1. The van der Waals surface area contributed by atoms with Crippen LogP contribution >= 0.6 is 23.1 Å². The molecule has 1 aromatic carbocycles. The monoisotopic (exact) mass is 363 g/mol. The molecular weight excluding hydrogens is 350 g/mol. The van der Waals surface area contributed by atoms with E-state index in [-0.39, 0.29) is 0 Å². The van der Waals surface area contributed by atoms with Crippen LogP contribution in [0.25, 0.3) is 10.3 Å². The van der Waals surface area contributed by atoms with Gasteiger partial charge in [0.25, 0.3) is 0 Å². The van der Waals surface area contributed by atoms with Crippen molar-refractivity contribution in [2.24, 2.45) is 0 Å². The molecule has 0 bridgehead atoms. The average Bonchev–Trinajstić information content (AvgIpc) is 3.04. The highest BCUT2D eigenvalue weighted by Crippen LogP contribution is 2.37. The highest BCUT2D eigenvalue weighted by molar-refractivity contribution is 8.01. The van der Waals surface area contributed by atoms with Gasteiger partial charge < -0.3 is 10.6 Å². The first-order valence-corrected chi connectivity index (χ1v) is 9.21. The number of thiazole rings is 1. The van der Waals surface area contributed by atoms with Gasteiger partial charge in [0.15, 0.2) is 10.1 Å². The number of pyridine rings is 1. The Bertz CT molecular complexity index is 984. The number of hydrogen-bond donors (Lipinski definition) is 2. The lowest BCUT2D eigenvalue weighted by Crippen LogP contribution is -2.45. The van der Waals surface area contributed by atoms with Crippen molar-refractivity contribution in [1.29, 1.82) is 5.26 Å². The van der Waals surface area contributed by atoms with E-state index in [0.29, 0.717) is 5.56 Å². The number of nitrogens with one attached hydrogen (secondary N) is 2. The summed E-state index contributed by atoms with van der Waals surface area (Å²) in [6, 6.07) is 13.6. The zero-order valence-corrected chi connectivity index (χ0v) is 14.6. The molecule has 0 radical (unpaired) electrons. The summed E-state index contributed by atoms with van der Waals surface area (Å²) in [5, 5.41) is 16.9. The van der Waals surface area contributed by atoms with Gasteiger partial charge in [-0.1, -0.05) is 41.3 Å². The molecule has 1 aliphatic rings. The van der Waals surface area contributed by atoms with Gasteiger partial charge in [0.05, 0.1) is 5.56 Å². The van der Waals surface area contributed by atoms with Gasteiger partial charge in [0, 0.05) is 11.1 Å². The summed E-state index contributed by atoms with van der Waals surface area (Å²) < 4.78 is 0. The summed E-state index contributed by atoms with van der Waals surface area (Å²) in [5.74, 6) is 0. The lowest BCUT2D eigenvalue weighted by Gasteiger charge is -2.33. The zero-order valence-electron chi connectivity index (χ0n) is 13.0. The highest BCUT2D eigenvalue weighted by Gasteiger charge is 2.30. The van der Waals surface area contributed by atoms with Gasteiger partial charge >= 0.3 is 0 Å². The van der Waals surface area contributed by atoms with E-state index < -0.39 is 4.99 Å². The third-order valence-electron chi connectivity index (χ3n) is 3.57. The fraction of sp³-hybridized carbons (Fsp3) is 0.0556. The van der Waals surface area contributed by atoms with E-state index in [1.54, 1.807) is 6.20 Å². The number of allylic oxidation sites excluding steroid dienone is 2. The summed E-state index contributed by atoms with van der Waals surface area (Å²) in [5.41, 5.74) is 1.51. The molecule has 25 heavy (non-hydrogen) atoms. The SMILES string of the molecule is N#Cc1ccccc1SC1(Nc2nc3cccnc3s2)C=CC=CN1. The molecule has 4 rings (SSSR count). The highest BCUT2D eigenvalue weighted by atomic mass is 32.2. The molecule has 122 valence electrons. The normalized spacial score (nSPS) is 18.7. The predicted molar refractivity (Wildman–Crippen MR) is 102 cm³/mol. The minimum absolute atomic E-state index is 0.629. The fourth-order valence-corrected chi connectivity index (χ4v) is 4.51. The number of benzene rings is 1. The van der Waals surface area contributed by atoms with Gasteiger partial charge in [-0.25, -0.2) is 9.97 Å². The van der Waals surface area contributed by atoms with Crippen molar-refractivity contribution < 1.29 is 0 Å². The summed E-state index contributed by atoms with van der Waals surface area (Å²) in [7, 11) is 0. The second-order valence-corrected chi connectivity index (χ2v) is 7.55. The van der Waals surface area contributed by atoms with Crippen LogP contribution in [-0.4, -0.2) is 15.0 Å². The second-order valence-electron chi connectivity index (χ2n) is 5.28. The minimum Gasteiger partial charge on any atom is -0.357 e. The number of dihydropyridines is 1. The Morgan fingerprint density at radius 1 is 1.20 bits per heavy atom. The summed E-state index contributed by atoms with van der Waals surface area (Å²) >= 11 is 3.03. The van der Waals surface area contributed by atoms with E-state index in [2.05, 4.69) is 26.7 Å². The van der Waals surface area contributed by atoms with Gasteiger partial charge in [0.2, 0.25) is 0 Å². The third-order valence-corrected chi connectivity index (χ3v) is 5.72. The summed E-state index contributed by atoms with van der Waals surface area (Å²) in [6.07, 6.45) is 9.55. The Hall–Kier alpha value is -2.82. The topological polar surface area (TPSA) is 73.6 Å². The van der Waals surface area contributed by atoms with Crippen molar-refractivity contribution >= 4 is 38.6 Å². The standard InChI is InChI=1S/C18H13N5S2/c19-12-13-6-1-2-8-15(13)25-18(9-3-4-11-21-18)23-17-22-14-7-5-10-20-16(14)24-17/h1-11,21H,(H,22,23). The minimum atomic E-state index is -0.629. The molecule has 3 heterocycles. The van der Waals surface area contributed by atoms with Gasteiger partial charge in [-0.2, -0.15) is 5.26 Å². The van der Waals surface area contributed by atoms with Crippen LogP contribution < -0.4 is 10.6 Å². The Labute approximate surface area is 153 Å². The molecule has 1 atom stereocenters. The molecule has 7 heteroatoms. The summed E-state index contributed by atoms with van der Waals surface area (Å²) in [6.45, 7) is 0. The number of thioether (sulfide) groups is 1. The second kappa shape index (κ2) is 6.59. The Morgan fingerprint density at radius 2 is 2.12 bits per heavy atom. The molecule has 5 nitrogen and oxygen atoms in total. The quantitative estimate of drug-likeness (QED) is 0.680. The molecule has 0 saturated heterocycles. The molecule has 2 aromatic heterocycles. The molecule has 1 unspecified atom stereocenters. The van der Waals surface area contributed by atoms with Gasteiger partial charge in [0.1, 0.15) is 16.4 Å². The molecule has 0 spiro atoms. The number of nitriles is 1. The number of nitrogens with zero attached hydrogens (tertiary/aromatic N) is 3. The molecule has 1 aliphatic heterocycles. The molecule has 0 fully saturated rings. The number of hydrogen-bond acceptors (Lipinski definition) is 7. The van der Waals surface area contributed by atoms with Crippen molar-refractivity contribution in [3.05, 3.63) is 72.6 Å². The van der Waals surface area contributed by atoms with Crippen molar-refractivity contribution in [3.8, 4) is 6.07 Å². The van der Waals surface area contributed by atoms with Crippen LogP contribution in [-0.2, 0) is 0 Å². The van der Waals surface area contributed by atoms with E-state index in [0.717, 1.165) is 20.4 Å². The van der Waals surface area contributed by atoms with Crippen LogP contribution in [0.4, 0.5) is 5.13 Å². The van der Waals surface area contributed by atoms with Crippen LogP contribution in [0, 0.1) is 11.3 Å². The number of rotatable bonds is 4. The first kappa shape index (κ1) is 15.7. The van der Waals surface area contributed by atoms with Gasteiger partial charge in [-0.15, -0.1) is 0 Å². The maximum atomic E-state index is 9.36. The largest absolute Gasteiger partial charge is 0.357 e. The Morgan fingerprint density at radius 3 is 2.92 bits per heavy atom.